The van der Waals surface area contributed by atoms with Crippen LogP contribution >= 0.6 is 7.82 Å². The van der Waals surface area contributed by atoms with Crippen molar-refractivity contribution in [3.05, 3.63) is 60.8 Å². The van der Waals surface area contributed by atoms with Crippen LogP contribution in [0.2, 0.25) is 0 Å². The van der Waals surface area contributed by atoms with Crippen LogP contribution in [0.1, 0.15) is 117 Å². The van der Waals surface area contributed by atoms with E-state index in [0.717, 1.165) is 83.5 Å². The Hall–Kier alpha value is -1.80. The van der Waals surface area contributed by atoms with E-state index in [9.17, 15) is 14.3 Å². The molecule has 2 atom stereocenters. The zero-order valence-electron chi connectivity index (χ0n) is 30.5. The van der Waals surface area contributed by atoms with Crippen molar-refractivity contribution in [1.29, 1.82) is 0 Å². The number of nitrogens with zero attached hydrogens (tertiary/aromatic N) is 1. The first-order valence-electron chi connectivity index (χ1n) is 18.0. The van der Waals surface area contributed by atoms with Crippen LogP contribution in [-0.4, -0.2) is 70.7 Å². The molecule has 0 aromatic carbocycles. The molecule has 0 saturated heterocycles. The number of carbonyl (C=O) groups excluding carboxylic acids is 1. The van der Waals surface area contributed by atoms with E-state index in [1.165, 1.54) is 12.8 Å². The molecule has 0 aromatic heterocycles. The smallest absolute Gasteiger partial charge is 0.306 e. The minimum Gasteiger partial charge on any atom is -0.756 e. The summed E-state index contributed by atoms with van der Waals surface area (Å²) < 4.78 is 34.3. The lowest BCUT2D eigenvalue weighted by molar-refractivity contribution is -0.870. The van der Waals surface area contributed by atoms with Gasteiger partial charge in [-0.2, -0.15) is 0 Å². The molecule has 0 heterocycles. The molecular weight excluding hydrogens is 613 g/mol. The Morgan fingerprint density at radius 1 is 0.681 bits per heavy atom. The number of quaternary nitrogens is 1. The minimum absolute atomic E-state index is 0.0116. The molecule has 0 aliphatic carbocycles. The van der Waals surface area contributed by atoms with E-state index in [-0.39, 0.29) is 32.2 Å². The molecule has 8 nitrogen and oxygen atoms in total. The van der Waals surface area contributed by atoms with E-state index >= 15 is 0 Å². The Kier molecular flexibility index (Phi) is 30.3. The second-order valence-electron chi connectivity index (χ2n) is 12.8. The topological polar surface area (TPSA) is 94.1 Å². The number of phosphoric acid groups is 1. The molecule has 0 radical (unpaired) electrons. The Morgan fingerprint density at radius 2 is 1.23 bits per heavy atom. The average molecular weight is 682 g/mol. The summed E-state index contributed by atoms with van der Waals surface area (Å²) in [5.74, 6) is -0.368. The normalized spacial score (nSPS) is 14.8. The number of rotatable bonds is 32. The summed E-state index contributed by atoms with van der Waals surface area (Å²) >= 11 is 0. The molecular formula is C38H68NO7P. The van der Waals surface area contributed by atoms with E-state index in [1.54, 1.807) is 0 Å². The molecule has 0 bridgehead atoms. The molecule has 0 saturated carbocycles. The third-order valence-corrected chi connectivity index (χ3v) is 8.02. The Balaban J connectivity index is 4.46. The van der Waals surface area contributed by atoms with Crippen LogP contribution in [0.5, 0.6) is 0 Å². The molecule has 47 heavy (non-hydrogen) atoms. The highest BCUT2D eigenvalue weighted by atomic mass is 31.2. The zero-order valence-corrected chi connectivity index (χ0v) is 31.3. The number of esters is 1. The standard InChI is InChI=1S/C38H68NO7P/c1-6-8-10-12-14-16-18-19-20-22-24-26-28-30-33-43-35-37(36-45-47(41,42)44-34-32-39(3,4)5)46-38(40)31-29-27-25-23-21-17-15-13-11-9-7-2/h8,10,13-16,19-20,24,26,37H,6-7,9,11-12,17-18,21-23,25,27-36H2,1-5H3/b10-8-,15-13-,16-14-,20-19-,26-24-. The van der Waals surface area contributed by atoms with E-state index in [4.69, 9.17) is 18.5 Å². The van der Waals surface area contributed by atoms with E-state index in [2.05, 4.69) is 74.6 Å². The monoisotopic (exact) mass is 681 g/mol. The van der Waals surface area contributed by atoms with Crippen LogP contribution in [0, 0.1) is 0 Å². The van der Waals surface area contributed by atoms with Gasteiger partial charge in [0, 0.05) is 13.0 Å². The average Bonchev–Trinajstić information content (AvgIpc) is 3.01. The zero-order chi connectivity index (χ0) is 34.9. The summed E-state index contributed by atoms with van der Waals surface area (Å²) in [6.45, 7) is 5.05. The summed E-state index contributed by atoms with van der Waals surface area (Å²) in [5, 5.41) is 0. The molecule has 0 amide bonds. The molecule has 0 spiro atoms. The van der Waals surface area contributed by atoms with Crippen LogP contribution in [0.3, 0.4) is 0 Å². The van der Waals surface area contributed by atoms with Crippen molar-refractivity contribution in [3.8, 4) is 0 Å². The van der Waals surface area contributed by atoms with Crippen molar-refractivity contribution in [2.45, 2.75) is 123 Å². The quantitative estimate of drug-likeness (QED) is 0.0230. The van der Waals surface area contributed by atoms with Gasteiger partial charge in [-0.15, -0.1) is 0 Å². The van der Waals surface area contributed by atoms with E-state index in [0.29, 0.717) is 17.6 Å². The summed E-state index contributed by atoms with van der Waals surface area (Å²) in [6.07, 6.45) is 36.7. The lowest BCUT2D eigenvalue weighted by Crippen LogP contribution is -2.37. The number of unbranched alkanes of at least 4 members (excludes halogenated alkanes) is 8. The first kappa shape index (κ1) is 45.2. The second-order valence-corrected chi connectivity index (χ2v) is 14.3. The van der Waals surface area contributed by atoms with Crippen molar-refractivity contribution in [3.63, 3.8) is 0 Å². The number of ether oxygens (including phenoxy) is 2. The van der Waals surface area contributed by atoms with Gasteiger partial charge < -0.3 is 27.9 Å². The fourth-order valence-electron chi connectivity index (χ4n) is 4.23. The molecule has 0 aromatic rings. The fraction of sp³-hybridized carbons (Fsp3) is 0.711. The van der Waals surface area contributed by atoms with Gasteiger partial charge in [-0.25, -0.2) is 0 Å². The Morgan fingerprint density at radius 3 is 1.87 bits per heavy atom. The minimum atomic E-state index is -4.53. The lowest BCUT2D eigenvalue weighted by atomic mass is 10.1. The van der Waals surface area contributed by atoms with E-state index in [1.807, 2.05) is 21.1 Å². The Labute approximate surface area is 288 Å². The number of likely N-dealkylation sites (N-methyl/N-ethyl adjacent to an activating group) is 1. The molecule has 0 aliphatic heterocycles. The van der Waals surface area contributed by atoms with Gasteiger partial charge in [0.1, 0.15) is 19.3 Å². The van der Waals surface area contributed by atoms with Crippen molar-refractivity contribution in [1.82, 2.24) is 0 Å². The highest BCUT2D eigenvalue weighted by Crippen LogP contribution is 2.38. The molecule has 0 fully saturated rings. The predicted octanol–water partition coefficient (Wildman–Crippen LogP) is 9.19. The Bertz CT molecular complexity index is 937. The third kappa shape index (κ3) is 35.3. The summed E-state index contributed by atoms with van der Waals surface area (Å²) in [7, 11) is 1.30. The van der Waals surface area contributed by atoms with Gasteiger partial charge in [-0.3, -0.25) is 9.36 Å². The SMILES string of the molecule is CC/C=C\C/C=C\C/C=C\C/C=C\CCCOCC(COP(=O)([O-])OCC[N+](C)(C)C)OC(=O)CCCCCCC/C=C\CCCC. The second kappa shape index (κ2) is 31.5. The van der Waals surface area contributed by atoms with Crippen molar-refractivity contribution < 1.29 is 37.3 Å². The van der Waals surface area contributed by atoms with Gasteiger partial charge in [0.15, 0.2) is 0 Å². The predicted molar refractivity (Wildman–Crippen MR) is 194 cm³/mol. The lowest BCUT2D eigenvalue weighted by Gasteiger charge is -2.28. The fourth-order valence-corrected chi connectivity index (χ4v) is 4.96. The third-order valence-electron chi connectivity index (χ3n) is 7.05. The van der Waals surface area contributed by atoms with Crippen LogP contribution in [0.4, 0.5) is 0 Å². The van der Waals surface area contributed by atoms with Gasteiger partial charge in [0.2, 0.25) is 0 Å². The summed E-state index contributed by atoms with van der Waals surface area (Å²) in [4.78, 5) is 24.8. The van der Waals surface area contributed by atoms with Gasteiger partial charge >= 0.3 is 5.97 Å². The van der Waals surface area contributed by atoms with Crippen LogP contribution < -0.4 is 4.89 Å². The van der Waals surface area contributed by atoms with Crippen LogP contribution in [0.25, 0.3) is 0 Å². The van der Waals surface area contributed by atoms with Gasteiger partial charge in [-0.1, -0.05) is 107 Å². The van der Waals surface area contributed by atoms with Crippen LogP contribution in [0.15, 0.2) is 60.8 Å². The highest BCUT2D eigenvalue weighted by Gasteiger charge is 2.20. The number of hydrogen-bond acceptors (Lipinski definition) is 7. The molecule has 0 aliphatic rings. The maximum Gasteiger partial charge on any atom is 0.306 e. The first-order valence-corrected chi connectivity index (χ1v) is 19.5. The molecule has 2 unspecified atom stereocenters. The number of allylic oxidation sites excluding steroid dienone is 10. The molecule has 0 N–H and O–H groups in total. The van der Waals surface area contributed by atoms with E-state index < -0.39 is 13.9 Å². The summed E-state index contributed by atoms with van der Waals surface area (Å²) in [6, 6.07) is 0. The molecule has 272 valence electrons. The molecule has 9 heteroatoms. The number of carbonyl (C=O) groups is 1. The maximum atomic E-state index is 12.5. The summed E-state index contributed by atoms with van der Waals surface area (Å²) in [5.41, 5.74) is 0. The van der Waals surface area contributed by atoms with Crippen molar-refractivity contribution >= 4 is 13.8 Å². The van der Waals surface area contributed by atoms with Crippen molar-refractivity contribution in [2.75, 3.05) is 54.1 Å². The van der Waals surface area contributed by atoms with Crippen LogP contribution in [-0.2, 0) is 27.9 Å². The maximum absolute atomic E-state index is 12.5. The molecule has 0 rings (SSSR count). The largest absolute Gasteiger partial charge is 0.756 e. The number of phosphoric ester groups is 1. The van der Waals surface area contributed by atoms with Gasteiger partial charge in [0.25, 0.3) is 7.82 Å². The van der Waals surface area contributed by atoms with Crippen molar-refractivity contribution in [2.24, 2.45) is 0 Å². The first-order chi connectivity index (χ1) is 22.6. The number of hydrogen-bond donors (Lipinski definition) is 0. The van der Waals surface area contributed by atoms with Gasteiger partial charge in [0.05, 0.1) is 34.4 Å². The van der Waals surface area contributed by atoms with Gasteiger partial charge in [-0.05, 0) is 64.2 Å². The highest BCUT2D eigenvalue weighted by molar-refractivity contribution is 7.45.